The SMILES string of the molecule is O=C1Nc2ccc(Br)cc2N[C@@H]1c1ccc(C(F)(F)F)cc1. The highest BCUT2D eigenvalue weighted by Crippen LogP contribution is 2.35. The molecule has 1 heterocycles. The van der Waals surface area contributed by atoms with E-state index in [-0.39, 0.29) is 5.91 Å². The van der Waals surface area contributed by atoms with Crippen LogP contribution >= 0.6 is 15.9 Å². The molecule has 0 saturated heterocycles. The highest BCUT2D eigenvalue weighted by molar-refractivity contribution is 9.10. The van der Waals surface area contributed by atoms with Gasteiger partial charge >= 0.3 is 6.18 Å². The molecule has 1 atom stereocenters. The molecule has 114 valence electrons. The molecule has 1 aliphatic rings. The number of nitrogens with one attached hydrogen (secondary N) is 2. The first-order valence-corrected chi connectivity index (χ1v) is 7.18. The third-order valence-corrected chi connectivity index (χ3v) is 3.87. The molecule has 3 rings (SSSR count). The van der Waals surface area contributed by atoms with Crippen molar-refractivity contribution < 1.29 is 18.0 Å². The van der Waals surface area contributed by atoms with Gasteiger partial charge in [0, 0.05) is 4.47 Å². The fourth-order valence-electron chi connectivity index (χ4n) is 2.27. The lowest BCUT2D eigenvalue weighted by molar-refractivity contribution is -0.137. The normalized spacial score (nSPS) is 17.5. The van der Waals surface area contributed by atoms with Crippen molar-refractivity contribution in [1.29, 1.82) is 0 Å². The summed E-state index contributed by atoms with van der Waals surface area (Å²) in [6.07, 6.45) is -4.39. The maximum atomic E-state index is 12.6. The molecule has 0 saturated carbocycles. The Kier molecular flexibility index (Phi) is 3.60. The topological polar surface area (TPSA) is 41.1 Å². The van der Waals surface area contributed by atoms with Crippen molar-refractivity contribution in [1.82, 2.24) is 0 Å². The maximum Gasteiger partial charge on any atom is 0.416 e. The molecule has 0 aliphatic carbocycles. The van der Waals surface area contributed by atoms with E-state index in [0.29, 0.717) is 16.9 Å². The van der Waals surface area contributed by atoms with Gasteiger partial charge < -0.3 is 10.6 Å². The van der Waals surface area contributed by atoms with Crippen LogP contribution in [0.15, 0.2) is 46.9 Å². The predicted molar refractivity (Wildman–Crippen MR) is 80.6 cm³/mol. The lowest BCUT2D eigenvalue weighted by atomic mass is 10.0. The third kappa shape index (κ3) is 2.81. The van der Waals surface area contributed by atoms with Gasteiger partial charge in [0.25, 0.3) is 5.91 Å². The zero-order chi connectivity index (χ0) is 15.9. The van der Waals surface area contributed by atoms with Gasteiger partial charge in [-0.3, -0.25) is 4.79 Å². The fourth-order valence-corrected chi connectivity index (χ4v) is 2.63. The molecule has 2 aromatic carbocycles. The summed E-state index contributed by atoms with van der Waals surface area (Å²) in [5.41, 5.74) is 1.07. The molecule has 2 aromatic rings. The number of fused-ring (bicyclic) bond motifs is 1. The molecule has 0 unspecified atom stereocenters. The summed E-state index contributed by atoms with van der Waals surface area (Å²) >= 11 is 3.34. The van der Waals surface area contributed by atoms with Crippen LogP contribution in [0.25, 0.3) is 0 Å². The molecule has 0 spiro atoms. The second-order valence-electron chi connectivity index (χ2n) is 4.88. The summed E-state index contributed by atoms with van der Waals surface area (Å²) < 4.78 is 38.6. The summed E-state index contributed by atoms with van der Waals surface area (Å²) in [7, 11) is 0. The number of hydrogen-bond donors (Lipinski definition) is 2. The van der Waals surface area contributed by atoms with Crippen molar-refractivity contribution in [2.24, 2.45) is 0 Å². The summed E-state index contributed by atoms with van der Waals surface area (Å²) in [4.78, 5) is 12.1. The van der Waals surface area contributed by atoms with Crippen molar-refractivity contribution in [3.63, 3.8) is 0 Å². The van der Waals surface area contributed by atoms with Crippen molar-refractivity contribution in [3.8, 4) is 0 Å². The lowest BCUT2D eigenvalue weighted by Gasteiger charge is -2.27. The van der Waals surface area contributed by atoms with E-state index in [1.165, 1.54) is 12.1 Å². The van der Waals surface area contributed by atoms with Gasteiger partial charge in [0.1, 0.15) is 6.04 Å². The van der Waals surface area contributed by atoms with Crippen molar-refractivity contribution in [2.75, 3.05) is 10.6 Å². The van der Waals surface area contributed by atoms with Crippen molar-refractivity contribution in [2.45, 2.75) is 12.2 Å². The third-order valence-electron chi connectivity index (χ3n) is 3.37. The highest BCUT2D eigenvalue weighted by atomic mass is 79.9. The van der Waals surface area contributed by atoms with Crippen LogP contribution in [0.2, 0.25) is 0 Å². The number of amides is 1. The fraction of sp³-hybridized carbons (Fsp3) is 0.133. The Balaban J connectivity index is 1.91. The Morgan fingerprint density at radius 2 is 1.68 bits per heavy atom. The van der Waals surface area contributed by atoms with Gasteiger partial charge in [-0.05, 0) is 35.9 Å². The van der Waals surface area contributed by atoms with Crippen LogP contribution in [0, 0.1) is 0 Å². The van der Waals surface area contributed by atoms with Crippen molar-refractivity contribution in [3.05, 3.63) is 58.1 Å². The van der Waals surface area contributed by atoms with Crippen LogP contribution in [0.5, 0.6) is 0 Å². The van der Waals surface area contributed by atoms with E-state index in [1.54, 1.807) is 18.2 Å². The van der Waals surface area contributed by atoms with E-state index < -0.39 is 17.8 Å². The number of benzene rings is 2. The molecule has 2 N–H and O–H groups in total. The van der Waals surface area contributed by atoms with Crippen LogP contribution < -0.4 is 10.6 Å². The zero-order valence-electron chi connectivity index (χ0n) is 11.0. The van der Waals surface area contributed by atoms with E-state index in [2.05, 4.69) is 26.6 Å². The van der Waals surface area contributed by atoms with Crippen LogP contribution in [-0.4, -0.2) is 5.91 Å². The Morgan fingerprint density at radius 3 is 2.32 bits per heavy atom. The van der Waals surface area contributed by atoms with E-state index >= 15 is 0 Å². The summed E-state index contributed by atoms with van der Waals surface area (Å²) in [5, 5.41) is 5.77. The van der Waals surface area contributed by atoms with E-state index in [4.69, 9.17) is 0 Å². The van der Waals surface area contributed by atoms with Crippen LogP contribution in [0.4, 0.5) is 24.5 Å². The minimum absolute atomic E-state index is 0.311. The maximum absolute atomic E-state index is 12.6. The smallest absolute Gasteiger partial charge is 0.368 e. The van der Waals surface area contributed by atoms with Gasteiger partial charge in [-0.2, -0.15) is 13.2 Å². The minimum atomic E-state index is -4.39. The first-order valence-electron chi connectivity index (χ1n) is 6.39. The van der Waals surface area contributed by atoms with Gasteiger partial charge in [-0.15, -0.1) is 0 Å². The van der Waals surface area contributed by atoms with Crippen LogP contribution in [-0.2, 0) is 11.0 Å². The van der Waals surface area contributed by atoms with Crippen LogP contribution in [0.3, 0.4) is 0 Å². The molecule has 0 fully saturated rings. The standard InChI is InChI=1S/C15H10BrF3N2O/c16-10-5-6-11-12(7-10)20-13(14(22)21-11)8-1-3-9(4-2-8)15(17,18)19/h1-7,13,20H,(H,21,22)/t13-/m1/s1. The number of carbonyl (C=O) groups is 1. The molecule has 0 bridgehead atoms. The number of carbonyl (C=O) groups excluding carboxylic acids is 1. The monoisotopic (exact) mass is 370 g/mol. The first kappa shape index (κ1) is 14.9. The Hall–Kier alpha value is -2.02. The number of hydrogen-bond acceptors (Lipinski definition) is 2. The lowest BCUT2D eigenvalue weighted by Crippen LogP contribution is -2.31. The molecule has 7 heteroatoms. The number of alkyl halides is 3. The quantitative estimate of drug-likeness (QED) is 0.771. The zero-order valence-corrected chi connectivity index (χ0v) is 12.6. The molecular weight excluding hydrogens is 361 g/mol. The number of halogens is 4. The molecule has 0 aromatic heterocycles. The minimum Gasteiger partial charge on any atom is -0.368 e. The van der Waals surface area contributed by atoms with Gasteiger partial charge in [-0.25, -0.2) is 0 Å². The second-order valence-corrected chi connectivity index (χ2v) is 5.79. The Morgan fingerprint density at radius 1 is 1.00 bits per heavy atom. The van der Waals surface area contributed by atoms with Gasteiger partial charge in [0.15, 0.2) is 0 Å². The molecule has 3 nitrogen and oxygen atoms in total. The average Bonchev–Trinajstić information content (AvgIpc) is 2.46. The summed E-state index contributed by atoms with van der Waals surface area (Å²) in [6.45, 7) is 0. The molecule has 0 radical (unpaired) electrons. The number of rotatable bonds is 1. The molecular formula is C15H10BrF3N2O. The summed E-state index contributed by atoms with van der Waals surface area (Å²) in [6, 6.07) is 9.16. The van der Waals surface area contributed by atoms with E-state index in [0.717, 1.165) is 16.6 Å². The summed E-state index contributed by atoms with van der Waals surface area (Å²) in [5.74, 6) is -0.311. The predicted octanol–water partition coefficient (Wildman–Crippen LogP) is 4.57. The Bertz CT molecular complexity index is 729. The van der Waals surface area contributed by atoms with Crippen molar-refractivity contribution >= 4 is 33.2 Å². The van der Waals surface area contributed by atoms with Gasteiger partial charge in [0.05, 0.1) is 16.9 Å². The highest BCUT2D eigenvalue weighted by Gasteiger charge is 2.31. The average molecular weight is 371 g/mol. The van der Waals surface area contributed by atoms with Gasteiger partial charge in [0.2, 0.25) is 0 Å². The van der Waals surface area contributed by atoms with E-state index in [9.17, 15) is 18.0 Å². The largest absolute Gasteiger partial charge is 0.416 e. The Labute approximate surface area is 132 Å². The second kappa shape index (κ2) is 5.31. The molecule has 1 amide bonds. The number of anilines is 2. The van der Waals surface area contributed by atoms with Gasteiger partial charge in [-0.1, -0.05) is 28.1 Å². The first-order chi connectivity index (χ1) is 10.3. The molecule has 22 heavy (non-hydrogen) atoms. The van der Waals surface area contributed by atoms with E-state index in [1.807, 2.05) is 0 Å². The van der Waals surface area contributed by atoms with Crippen LogP contribution in [0.1, 0.15) is 17.2 Å². The molecule has 1 aliphatic heterocycles.